The number of ether oxygens (including phenoxy) is 1. The van der Waals surface area contributed by atoms with Crippen LogP contribution in [0.3, 0.4) is 0 Å². The lowest BCUT2D eigenvalue weighted by atomic mass is 9.69. The van der Waals surface area contributed by atoms with Crippen LogP contribution in [0, 0.1) is 5.41 Å². The Bertz CT molecular complexity index is 986. The number of unbranched alkanes of at least 4 members (excludes halogenated alkanes) is 1. The van der Waals surface area contributed by atoms with E-state index in [4.69, 9.17) is 4.74 Å². The van der Waals surface area contributed by atoms with E-state index in [9.17, 15) is 13.5 Å². The van der Waals surface area contributed by atoms with Gasteiger partial charge in [0.15, 0.2) is 9.84 Å². The minimum absolute atomic E-state index is 0.0241. The van der Waals surface area contributed by atoms with Gasteiger partial charge < -0.3 is 9.84 Å². The van der Waals surface area contributed by atoms with E-state index in [-0.39, 0.29) is 5.75 Å². The molecular weight excluding hydrogens is 416 g/mol. The van der Waals surface area contributed by atoms with Gasteiger partial charge in [-0.05, 0) is 60.6 Å². The van der Waals surface area contributed by atoms with Gasteiger partial charge in [-0.15, -0.1) is 11.8 Å². The number of thioether (sulfide) groups is 1. The zero-order chi connectivity index (χ0) is 21.9. The fraction of sp³-hybridized carbons (Fsp3) is 0.500. The highest BCUT2D eigenvalue weighted by Crippen LogP contribution is 2.49. The maximum absolute atomic E-state index is 13.5. The summed E-state index contributed by atoms with van der Waals surface area (Å²) in [7, 11) is -1.93. The van der Waals surface area contributed by atoms with Gasteiger partial charge in [0.05, 0.1) is 23.9 Å². The van der Waals surface area contributed by atoms with E-state index in [2.05, 4.69) is 6.92 Å². The van der Waals surface area contributed by atoms with Crippen molar-refractivity contribution in [2.75, 3.05) is 19.1 Å². The number of methoxy groups -OCH3 is 1. The molecule has 0 bridgehead atoms. The molecule has 3 atom stereocenters. The van der Waals surface area contributed by atoms with Gasteiger partial charge in [0.2, 0.25) is 0 Å². The van der Waals surface area contributed by atoms with Crippen molar-refractivity contribution >= 4 is 21.6 Å². The van der Waals surface area contributed by atoms with Crippen LogP contribution < -0.4 is 4.74 Å². The van der Waals surface area contributed by atoms with Crippen LogP contribution in [0.2, 0.25) is 0 Å². The summed E-state index contributed by atoms with van der Waals surface area (Å²) in [5, 5.41) is 11.8. The van der Waals surface area contributed by atoms with Gasteiger partial charge >= 0.3 is 0 Å². The molecule has 0 saturated carbocycles. The highest BCUT2D eigenvalue weighted by atomic mass is 32.2. The summed E-state index contributed by atoms with van der Waals surface area (Å²) in [6.07, 6.45) is 4.30. The molecule has 1 aliphatic rings. The highest BCUT2D eigenvalue weighted by Gasteiger charge is 2.48. The first-order valence-electron chi connectivity index (χ1n) is 10.5. The van der Waals surface area contributed by atoms with Crippen molar-refractivity contribution in [1.29, 1.82) is 0 Å². The average molecular weight is 449 g/mol. The summed E-state index contributed by atoms with van der Waals surface area (Å²) in [5.41, 5.74) is 0.878. The van der Waals surface area contributed by atoms with E-state index in [0.717, 1.165) is 23.3 Å². The van der Waals surface area contributed by atoms with Crippen LogP contribution in [0.1, 0.15) is 56.6 Å². The first-order valence-corrected chi connectivity index (χ1v) is 13.4. The van der Waals surface area contributed by atoms with E-state index in [1.165, 1.54) is 0 Å². The molecular formula is C24H32O4S2. The monoisotopic (exact) mass is 448 g/mol. The van der Waals surface area contributed by atoms with Gasteiger partial charge in [-0.1, -0.05) is 38.8 Å². The molecule has 6 heteroatoms. The Hall–Kier alpha value is -1.50. The Balaban J connectivity index is 2.31. The quantitative estimate of drug-likeness (QED) is 0.584. The van der Waals surface area contributed by atoms with Crippen LogP contribution in [0.5, 0.6) is 5.75 Å². The number of rotatable bonds is 7. The van der Waals surface area contributed by atoms with Gasteiger partial charge in [-0.3, -0.25) is 0 Å². The fourth-order valence-electron chi connectivity index (χ4n) is 4.68. The summed E-state index contributed by atoms with van der Waals surface area (Å²) in [4.78, 5) is 1.33. The molecule has 1 aliphatic heterocycles. The molecule has 0 aromatic heterocycles. The number of hydrogen-bond acceptors (Lipinski definition) is 5. The second kappa shape index (κ2) is 9.33. The SMILES string of the molecule is CCCC[C@]1(CC)CS(=O)(=O)c2ccc(SC)cc2[C@@H](c2cccc(OC)c2)C1O. The molecule has 2 aromatic carbocycles. The zero-order valence-electron chi connectivity index (χ0n) is 18.2. The Morgan fingerprint density at radius 3 is 2.60 bits per heavy atom. The molecule has 0 fully saturated rings. The number of sulfone groups is 1. The topological polar surface area (TPSA) is 63.6 Å². The number of hydrogen-bond donors (Lipinski definition) is 1. The largest absolute Gasteiger partial charge is 0.497 e. The minimum Gasteiger partial charge on any atom is -0.497 e. The predicted molar refractivity (Wildman–Crippen MR) is 123 cm³/mol. The fourth-order valence-corrected chi connectivity index (χ4v) is 7.38. The lowest BCUT2D eigenvalue weighted by Gasteiger charge is -2.39. The normalized spacial score (nSPS) is 25.4. The van der Waals surface area contributed by atoms with E-state index in [1.54, 1.807) is 24.9 Å². The molecule has 0 spiro atoms. The third-order valence-corrected chi connectivity index (χ3v) is 9.22. The molecule has 1 heterocycles. The molecule has 3 rings (SSSR count). The van der Waals surface area contributed by atoms with Gasteiger partial charge in [-0.2, -0.15) is 0 Å². The first-order chi connectivity index (χ1) is 14.3. The van der Waals surface area contributed by atoms with Gasteiger partial charge in [0.25, 0.3) is 0 Å². The highest BCUT2D eigenvalue weighted by molar-refractivity contribution is 7.98. The lowest BCUT2D eigenvalue weighted by molar-refractivity contribution is 0.0173. The molecule has 0 amide bonds. The van der Waals surface area contributed by atoms with Crippen molar-refractivity contribution in [1.82, 2.24) is 0 Å². The van der Waals surface area contributed by atoms with Gasteiger partial charge in [0.1, 0.15) is 5.75 Å². The van der Waals surface area contributed by atoms with Crippen molar-refractivity contribution in [3.8, 4) is 5.75 Å². The third kappa shape index (κ3) is 4.27. The Kier molecular flexibility index (Phi) is 7.20. The summed E-state index contributed by atoms with van der Waals surface area (Å²) >= 11 is 1.57. The van der Waals surface area contributed by atoms with Crippen LogP contribution in [0.15, 0.2) is 52.3 Å². The van der Waals surface area contributed by atoms with E-state index >= 15 is 0 Å². The van der Waals surface area contributed by atoms with Gasteiger partial charge in [0, 0.05) is 16.2 Å². The smallest absolute Gasteiger partial charge is 0.179 e. The molecule has 1 N–H and O–H groups in total. The van der Waals surface area contributed by atoms with E-state index in [1.807, 2.05) is 49.6 Å². The van der Waals surface area contributed by atoms with Gasteiger partial charge in [-0.25, -0.2) is 8.42 Å². The third-order valence-electron chi connectivity index (χ3n) is 6.49. The van der Waals surface area contributed by atoms with E-state index in [0.29, 0.717) is 29.1 Å². The number of aliphatic hydroxyl groups is 1. The summed E-state index contributed by atoms with van der Waals surface area (Å²) in [6.45, 7) is 4.10. The van der Waals surface area contributed by atoms with Crippen LogP contribution in [-0.2, 0) is 9.84 Å². The molecule has 0 radical (unpaired) electrons. The minimum atomic E-state index is -3.54. The van der Waals surface area contributed by atoms with Crippen molar-refractivity contribution < 1.29 is 18.3 Å². The second-order valence-electron chi connectivity index (χ2n) is 8.18. The summed E-state index contributed by atoms with van der Waals surface area (Å²) in [5.74, 6) is 0.241. The average Bonchev–Trinajstić information content (AvgIpc) is 2.83. The standard InChI is InChI=1S/C24H32O4S2/c1-5-7-13-24(6-2)16-30(26,27)21-12-11-19(29-4)15-20(21)22(23(24)25)17-9-8-10-18(14-17)28-3/h8-12,14-15,22-23,25H,5-7,13,16H2,1-4H3/t22-,23?,24-/m1/s1. The Labute approximate surface area is 185 Å². The Morgan fingerprint density at radius 2 is 1.97 bits per heavy atom. The first kappa shape index (κ1) is 23.2. The lowest BCUT2D eigenvalue weighted by Crippen LogP contribution is -2.42. The van der Waals surface area contributed by atoms with Crippen LogP contribution in [0.4, 0.5) is 0 Å². The predicted octanol–water partition coefficient (Wildman–Crippen LogP) is 5.28. The number of aliphatic hydroxyl groups excluding tert-OH is 1. The van der Waals surface area contributed by atoms with Crippen LogP contribution >= 0.6 is 11.8 Å². The van der Waals surface area contributed by atoms with Crippen molar-refractivity contribution in [3.63, 3.8) is 0 Å². The molecule has 30 heavy (non-hydrogen) atoms. The summed E-state index contributed by atoms with van der Waals surface area (Å²) in [6, 6.07) is 13.2. The zero-order valence-corrected chi connectivity index (χ0v) is 19.9. The maximum atomic E-state index is 13.5. The maximum Gasteiger partial charge on any atom is 0.179 e. The molecule has 0 aliphatic carbocycles. The molecule has 0 saturated heterocycles. The molecule has 1 unspecified atom stereocenters. The van der Waals surface area contributed by atoms with Crippen LogP contribution in [0.25, 0.3) is 0 Å². The van der Waals surface area contributed by atoms with E-state index < -0.39 is 27.3 Å². The second-order valence-corrected chi connectivity index (χ2v) is 11.0. The summed E-state index contributed by atoms with van der Waals surface area (Å²) < 4.78 is 32.5. The number of benzene rings is 2. The van der Waals surface area contributed by atoms with Crippen LogP contribution in [-0.4, -0.2) is 38.7 Å². The molecule has 164 valence electrons. The van der Waals surface area contributed by atoms with Crippen molar-refractivity contribution in [2.45, 2.75) is 61.3 Å². The molecule has 2 aromatic rings. The molecule has 4 nitrogen and oxygen atoms in total. The number of fused-ring (bicyclic) bond motifs is 1. The Morgan fingerprint density at radius 1 is 1.20 bits per heavy atom. The van der Waals surface area contributed by atoms with Crippen molar-refractivity contribution in [3.05, 3.63) is 53.6 Å². The van der Waals surface area contributed by atoms with Crippen molar-refractivity contribution in [2.24, 2.45) is 5.41 Å².